The number of hydrogen-bond acceptors (Lipinski definition) is 6. The lowest BCUT2D eigenvalue weighted by atomic mass is 10.2. The van der Waals surface area contributed by atoms with Gasteiger partial charge in [0.2, 0.25) is 17.7 Å². The third kappa shape index (κ3) is 3.53. The van der Waals surface area contributed by atoms with Gasteiger partial charge in [-0.15, -0.1) is 10.2 Å². The van der Waals surface area contributed by atoms with E-state index in [-0.39, 0.29) is 24.2 Å². The molecule has 4 heterocycles. The zero-order valence-electron chi connectivity index (χ0n) is 14.8. The first-order valence-corrected chi connectivity index (χ1v) is 9.54. The topological polar surface area (TPSA) is 77.1 Å². The van der Waals surface area contributed by atoms with Crippen molar-refractivity contribution in [3.63, 3.8) is 0 Å². The van der Waals surface area contributed by atoms with Crippen molar-refractivity contribution in [1.29, 1.82) is 0 Å². The number of likely N-dealkylation sites (tertiary alicyclic amines) is 1. The van der Waals surface area contributed by atoms with Crippen LogP contribution in [0.4, 0.5) is 13.2 Å². The molecule has 3 aromatic heterocycles. The van der Waals surface area contributed by atoms with Gasteiger partial charge in [-0.05, 0) is 37.3 Å². The molecule has 1 atom stereocenters. The number of halogens is 3. The summed E-state index contributed by atoms with van der Waals surface area (Å²) >= 11 is 1.51. The van der Waals surface area contributed by atoms with Gasteiger partial charge in [-0.3, -0.25) is 9.48 Å². The maximum atomic E-state index is 12.8. The molecule has 0 N–H and O–H groups in total. The quantitative estimate of drug-likeness (QED) is 0.655. The van der Waals surface area contributed by atoms with Crippen LogP contribution in [-0.4, -0.2) is 37.3 Å². The number of nitrogens with zero attached hydrogens (tertiary/aromatic N) is 5. The predicted molar refractivity (Wildman–Crippen MR) is 93.3 cm³/mol. The number of aromatic nitrogens is 4. The van der Waals surface area contributed by atoms with Gasteiger partial charge in [-0.2, -0.15) is 29.6 Å². The summed E-state index contributed by atoms with van der Waals surface area (Å²) in [5.74, 6) is 0.381. The predicted octanol–water partition coefficient (Wildman–Crippen LogP) is 3.69. The van der Waals surface area contributed by atoms with Crippen molar-refractivity contribution in [2.24, 2.45) is 0 Å². The Morgan fingerprint density at radius 1 is 1.39 bits per heavy atom. The van der Waals surface area contributed by atoms with Gasteiger partial charge in [0, 0.05) is 23.2 Å². The molecule has 1 saturated heterocycles. The summed E-state index contributed by atoms with van der Waals surface area (Å²) in [4.78, 5) is 14.3. The van der Waals surface area contributed by atoms with Crippen LogP contribution in [0.25, 0.3) is 11.5 Å². The Morgan fingerprint density at radius 3 is 2.89 bits per heavy atom. The molecule has 0 aromatic carbocycles. The third-order valence-corrected chi connectivity index (χ3v) is 5.31. The molecule has 0 unspecified atom stereocenters. The molecule has 11 heteroatoms. The Labute approximate surface area is 161 Å². The molecule has 0 bridgehead atoms. The highest BCUT2D eigenvalue weighted by Crippen LogP contribution is 2.33. The zero-order valence-corrected chi connectivity index (χ0v) is 15.6. The molecule has 7 nitrogen and oxygen atoms in total. The van der Waals surface area contributed by atoms with Crippen molar-refractivity contribution in [2.45, 2.75) is 38.5 Å². The molecule has 148 valence electrons. The van der Waals surface area contributed by atoms with Gasteiger partial charge < -0.3 is 9.32 Å². The fourth-order valence-electron chi connectivity index (χ4n) is 3.22. The number of alkyl halides is 3. The van der Waals surface area contributed by atoms with Crippen LogP contribution >= 0.6 is 11.3 Å². The van der Waals surface area contributed by atoms with Gasteiger partial charge in [0.1, 0.15) is 12.6 Å². The lowest BCUT2D eigenvalue weighted by molar-refractivity contribution is -0.142. The van der Waals surface area contributed by atoms with Gasteiger partial charge in [-0.25, -0.2) is 0 Å². The van der Waals surface area contributed by atoms with Crippen molar-refractivity contribution < 1.29 is 22.4 Å². The van der Waals surface area contributed by atoms with E-state index in [1.54, 1.807) is 4.90 Å². The van der Waals surface area contributed by atoms with E-state index in [9.17, 15) is 18.0 Å². The number of hydrogen-bond donors (Lipinski definition) is 0. The van der Waals surface area contributed by atoms with Crippen LogP contribution in [-0.2, 0) is 17.5 Å². The van der Waals surface area contributed by atoms with Crippen molar-refractivity contribution in [3.8, 4) is 11.5 Å². The molecule has 1 aliphatic heterocycles. The molecule has 28 heavy (non-hydrogen) atoms. The number of carbonyl (C=O) groups is 1. The van der Waals surface area contributed by atoms with Crippen molar-refractivity contribution >= 4 is 17.2 Å². The second-order valence-electron chi connectivity index (χ2n) is 6.53. The fraction of sp³-hybridized carbons (Fsp3) is 0.412. The van der Waals surface area contributed by atoms with E-state index < -0.39 is 11.9 Å². The van der Waals surface area contributed by atoms with E-state index in [4.69, 9.17) is 4.42 Å². The lowest BCUT2D eigenvalue weighted by Gasteiger charge is -2.22. The van der Waals surface area contributed by atoms with Crippen LogP contribution in [0.2, 0.25) is 0 Å². The first-order chi connectivity index (χ1) is 13.3. The minimum Gasteiger partial charge on any atom is -0.418 e. The number of carbonyl (C=O) groups excluding carboxylic acids is 1. The second-order valence-corrected chi connectivity index (χ2v) is 7.31. The zero-order chi connectivity index (χ0) is 19.9. The van der Waals surface area contributed by atoms with Crippen LogP contribution in [0.3, 0.4) is 0 Å². The standard InChI is InChI=1S/C17H16F3N5O2S/c1-10-7-13(17(18,19)20)23-25(10)8-14(26)24-5-2-3-12(24)16-22-21-15(27-16)11-4-6-28-9-11/h4,6-7,9,12H,2-3,5,8H2,1H3/t12-/m1/s1. The van der Waals surface area contributed by atoms with Crippen LogP contribution in [0, 0.1) is 6.92 Å². The van der Waals surface area contributed by atoms with E-state index in [0.29, 0.717) is 24.7 Å². The average Bonchev–Trinajstić information content (AvgIpc) is 3.41. The van der Waals surface area contributed by atoms with Crippen molar-refractivity contribution in [3.05, 3.63) is 40.2 Å². The summed E-state index contributed by atoms with van der Waals surface area (Å²) in [7, 11) is 0. The van der Waals surface area contributed by atoms with Gasteiger partial charge in [0.05, 0.1) is 0 Å². The maximum absolute atomic E-state index is 12.8. The van der Waals surface area contributed by atoms with Crippen LogP contribution in [0.15, 0.2) is 27.3 Å². The van der Waals surface area contributed by atoms with Gasteiger partial charge in [0.25, 0.3) is 0 Å². The van der Waals surface area contributed by atoms with E-state index >= 15 is 0 Å². The van der Waals surface area contributed by atoms with Gasteiger partial charge in [-0.1, -0.05) is 0 Å². The summed E-state index contributed by atoms with van der Waals surface area (Å²) in [6.45, 7) is 1.69. The Bertz CT molecular complexity index is 979. The highest BCUT2D eigenvalue weighted by Gasteiger charge is 2.36. The molecule has 1 fully saturated rings. The summed E-state index contributed by atoms with van der Waals surface area (Å²) in [6.07, 6.45) is -3.14. The fourth-order valence-corrected chi connectivity index (χ4v) is 3.85. The van der Waals surface area contributed by atoms with E-state index in [2.05, 4.69) is 15.3 Å². The van der Waals surface area contributed by atoms with Crippen LogP contribution in [0.5, 0.6) is 0 Å². The summed E-state index contributed by atoms with van der Waals surface area (Å²) < 4.78 is 45.3. The summed E-state index contributed by atoms with van der Waals surface area (Å²) in [5.41, 5.74) is 0.0773. The molecule has 4 rings (SSSR count). The molecule has 1 aliphatic rings. The second kappa shape index (κ2) is 7.04. The first kappa shape index (κ1) is 18.7. The Kier molecular flexibility index (Phi) is 4.69. The normalized spacial score (nSPS) is 17.4. The number of amides is 1. The molecule has 1 amide bonds. The molecule has 3 aromatic rings. The third-order valence-electron chi connectivity index (χ3n) is 4.62. The number of thiophene rings is 1. The molecule has 0 saturated carbocycles. The smallest absolute Gasteiger partial charge is 0.418 e. The maximum Gasteiger partial charge on any atom is 0.435 e. The van der Waals surface area contributed by atoms with E-state index in [0.717, 1.165) is 22.7 Å². The Balaban J connectivity index is 1.51. The molecular formula is C17H16F3N5O2S. The minimum atomic E-state index is -4.54. The van der Waals surface area contributed by atoms with Crippen LogP contribution < -0.4 is 0 Å². The molecule has 0 radical (unpaired) electrons. The molecule has 0 aliphatic carbocycles. The van der Waals surface area contributed by atoms with E-state index in [1.807, 2.05) is 16.8 Å². The molecular weight excluding hydrogens is 395 g/mol. The lowest BCUT2D eigenvalue weighted by Crippen LogP contribution is -2.34. The minimum absolute atomic E-state index is 0.272. The summed E-state index contributed by atoms with van der Waals surface area (Å²) in [6, 6.07) is 2.41. The number of rotatable bonds is 4. The summed E-state index contributed by atoms with van der Waals surface area (Å²) in [5, 5.41) is 15.4. The SMILES string of the molecule is Cc1cc(C(F)(F)F)nn1CC(=O)N1CCC[C@@H]1c1nnc(-c2ccsc2)o1. The van der Waals surface area contributed by atoms with E-state index in [1.165, 1.54) is 18.3 Å². The van der Waals surface area contributed by atoms with Crippen molar-refractivity contribution in [2.75, 3.05) is 6.54 Å². The average molecular weight is 411 g/mol. The van der Waals surface area contributed by atoms with Gasteiger partial charge >= 0.3 is 6.18 Å². The monoisotopic (exact) mass is 411 g/mol. The van der Waals surface area contributed by atoms with Gasteiger partial charge in [0.15, 0.2) is 5.69 Å². The van der Waals surface area contributed by atoms with Crippen LogP contribution in [0.1, 0.15) is 36.2 Å². The van der Waals surface area contributed by atoms with Crippen molar-refractivity contribution in [1.82, 2.24) is 24.9 Å². The Hall–Kier alpha value is -2.69. The first-order valence-electron chi connectivity index (χ1n) is 8.60. The highest BCUT2D eigenvalue weighted by atomic mass is 32.1. The highest BCUT2D eigenvalue weighted by molar-refractivity contribution is 7.08. The number of aryl methyl sites for hydroxylation is 1. The molecule has 0 spiro atoms. The Morgan fingerprint density at radius 2 is 2.21 bits per heavy atom. The largest absolute Gasteiger partial charge is 0.435 e.